The second kappa shape index (κ2) is 7.93. The van der Waals surface area contributed by atoms with Gasteiger partial charge in [-0.3, -0.25) is 9.88 Å². The summed E-state index contributed by atoms with van der Waals surface area (Å²) in [5.41, 5.74) is 1.91. The Bertz CT molecular complexity index is 647. The molecular weight excluding hydrogens is 300 g/mol. The highest BCUT2D eigenvalue weighted by atomic mass is 16.2. The smallest absolute Gasteiger partial charge is 0.319 e. The molecule has 2 amide bonds. The average Bonchev–Trinajstić information content (AvgIpc) is 2.59. The fraction of sp³-hybridized carbons (Fsp3) is 0.368. The monoisotopic (exact) mass is 324 g/mol. The summed E-state index contributed by atoms with van der Waals surface area (Å²) in [5, 5.41) is 6.00. The van der Waals surface area contributed by atoms with Crippen LogP contribution in [-0.2, 0) is 6.54 Å². The lowest BCUT2D eigenvalue weighted by Gasteiger charge is -2.37. The topological polar surface area (TPSA) is 57.3 Å². The highest BCUT2D eigenvalue weighted by molar-refractivity contribution is 5.89. The van der Waals surface area contributed by atoms with Crippen molar-refractivity contribution in [2.45, 2.75) is 25.9 Å². The van der Waals surface area contributed by atoms with Crippen LogP contribution < -0.4 is 10.6 Å². The predicted octanol–water partition coefficient (Wildman–Crippen LogP) is 3.11. The van der Waals surface area contributed by atoms with E-state index < -0.39 is 0 Å². The molecule has 2 unspecified atom stereocenters. The highest BCUT2D eigenvalue weighted by Gasteiger charge is 2.27. The van der Waals surface area contributed by atoms with Gasteiger partial charge in [-0.1, -0.05) is 31.2 Å². The summed E-state index contributed by atoms with van der Waals surface area (Å²) in [5.74, 6) is 0.406. The Balaban J connectivity index is 1.48. The first-order valence-corrected chi connectivity index (χ1v) is 8.45. The van der Waals surface area contributed by atoms with Gasteiger partial charge in [0.25, 0.3) is 0 Å². The molecule has 2 N–H and O–H groups in total. The Morgan fingerprint density at radius 1 is 1.21 bits per heavy atom. The van der Waals surface area contributed by atoms with E-state index in [4.69, 9.17) is 0 Å². The number of rotatable bonds is 4. The summed E-state index contributed by atoms with van der Waals surface area (Å²) in [6.07, 6.45) is 2.79. The second-order valence-corrected chi connectivity index (χ2v) is 6.39. The van der Waals surface area contributed by atoms with Crippen LogP contribution in [0.2, 0.25) is 0 Å². The number of likely N-dealkylation sites (tertiary alicyclic amines) is 1. The fourth-order valence-corrected chi connectivity index (χ4v) is 3.17. The second-order valence-electron chi connectivity index (χ2n) is 6.39. The minimum Gasteiger partial charge on any atom is -0.335 e. The molecule has 0 spiro atoms. The van der Waals surface area contributed by atoms with Crippen molar-refractivity contribution in [3.63, 3.8) is 0 Å². The molecule has 5 nitrogen and oxygen atoms in total. The zero-order valence-electron chi connectivity index (χ0n) is 14.0. The van der Waals surface area contributed by atoms with E-state index in [1.54, 1.807) is 0 Å². The van der Waals surface area contributed by atoms with Crippen molar-refractivity contribution in [1.29, 1.82) is 0 Å². The molecule has 126 valence electrons. The fourth-order valence-electron chi connectivity index (χ4n) is 3.17. The van der Waals surface area contributed by atoms with E-state index in [1.165, 1.54) is 0 Å². The number of aromatic nitrogens is 1. The number of hydrogen-bond donors (Lipinski definition) is 2. The van der Waals surface area contributed by atoms with Gasteiger partial charge in [-0.25, -0.2) is 4.79 Å². The number of urea groups is 1. The Morgan fingerprint density at radius 2 is 2.00 bits per heavy atom. The molecule has 1 saturated heterocycles. The molecule has 0 radical (unpaired) electrons. The molecular formula is C19H24N4O. The van der Waals surface area contributed by atoms with Crippen LogP contribution in [0.25, 0.3) is 0 Å². The Kier molecular flexibility index (Phi) is 5.43. The number of carbonyl (C=O) groups is 1. The number of carbonyl (C=O) groups excluding carboxylic acids is 1. The molecule has 0 bridgehead atoms. The summed E-state index contributed by atoms with van der Waals surface area (Å²) in [7, 11) is 0. The number of amides is 2. The molecule has 3 rings (SSSR count). The SMILES string of the molecule is CC1CN(Cc2ccccn2)CCC1NC(=O)Nc1ccccc1. The zero-order chi connectivity index (χ0) is 16.8. The van der Waals surface area contributed by atoms with Gasteiger partial charge in [-0.05, 0) is 36.6 Å². The molecule has 1 aromatic carbocycles. The quantitative estimate of drug-likeness (QED) is 0.908. The molecule has 2 atom stereocenters. The van der Waals surface area contributed by atoms with Gasteiger partial charge in [0.2, 0.25) is 0 Å². The average molecular weight is 324 g/mol. The number of pyridine rings is 1. The maximum Gasteiger partial charge on any atom is 0.319 e. The van der Waals surface area contributed by atoms with Crippen LogP contribution in [0.15, 0.2) is 54.7 Å². The van der Waals surface area contributed by atoms with E-state index in [-0.39, 0.29) is 12.1 Å². The molecule has 2 aromatic rings. The Labute approximate surface area is 143 Å². The first kappa shape index (κ1) is 16.5. The Morgan fingerprint density at radius 3 is 2.71 bits per heavy atom. The van der Waals surface area contributed by atoms with Crippen molar-refractivity contribution in [3.05, 3.63) is 60.4 Å². The van der Waals surface area contributed by atoms with E-state index in [0.29, 0.717) is 5.92 Å². The number of para-hydroxylation sites is 1. The van der Waals surface area contributed by atoms with Crippen LogP contribution in [0.4, 0.5) is 10.5 Å². The molecule has 5 heteroatoms. The van der Waals surface area contributed by atoms with Gasteiger partial charge in [0.05, 0.1) is 5.69 Å². The van der Waals surface area contributed by atoms with E-state index in [0.717, 1.165) is 37.4 Å². The molecule has 2 heterocycles. The van der Waals surface area contributed by atoms with Gasteiger partial charge in [0.15, 0.2) is 0 Å². The van der Waals surface area contributed by atoms with Gasteiger partial charge in [0.1, 0.15) is 0 Å². The van der Waals surface area contributed by atoms with Crippen LogP contribution in [0.3, 0.4) is 0 Å². The first-order valence-electron chi connectivity index (χ1n) is 8.45. The third kappa shape index (κ3) is 4.55. The van der Waals surface area contributed by atoms with E-state index >= 15 is 0 Å². The number of benzene rings is 1. The van der Waals surface area contributed by atoms with Crippen molar-refractivity contribution >= 4 is 11.7 Å². The standard InChI is InChI=1S/C19H24N4O/c1-15-13-23(14-17-9-5-6-11-20-17)12-10-18(15)22-19(24)21-16-7-3-2-4-8-16/h2-9,11,15,18H,10,12-14H2,1H3,(H2,21,22,24). The molecule has 0 saturated carbocycles. The predicted molar refractivity (Wildman–Crippen MR) is 95.7 cm³/mol. The number of piperidine rings is 1. The zero-order valence-corrected chi connectivity index (χ0v) is 14.0. The van der Waals surface area contributed by atoms with Crippen LogP contribution in [-0.4, -0.2) is 35.0 Å². The normalized spacial score (nSPS) is 21.2. The van der Waals surface area contributed by atoms with Crippen LogP contribution in [0.5, 0.6) is 0 Å². The first-order chi connectivity index (χ1) is 11.7. The van der Waals surface area contributed by atoms with Crippen molar-refractivity contribution in [2.75, 3.05) is 18.4 Å². The lowest BCUT2D eigenvalue weighted by Crippen LogP contribution is -2.50. The molecule has 1 aliphatic heterocycles. The number of nitrogens with one attached hydrogen (secondary N) is 2. The summed E-state index contributed by atoms with van der Waals surface area (Å²) in [6, 6.07) is 15.6. The van der Waals surface area contributed by atoms with Gasteiger partial charge in [-0.2, -0.15) is 0 Å². The molecule has 24 heavy (non-hydrogen) atoms. The van der Waals surface area contributed by atoms with Gasteiger partial charge >= 0.3 is 6.03 Å². The van der Waals surface area contributed by atoms with Crippen molar-refractivity contribution < 1.29 is 4.79 Å². The minimum absolute atomic E-state index is 0.128. The summed E-state index contributed by atoms with van der Waals surface area (Å²) >= 11 is 0. The van der Waals surface area contributed by atoms with Crippen molar-refractivity contribution in [1.82, 2.24) is 15.2 Å². The molecule has 1 aromatic heterocycles. The maximum absolute atomic E-state index is 12.2. The third-order valence-corrected chi connectivity index (χ3v) is 4.45. The van der Waals surface area contributed by atoms with Crippen LogP contribution in [0.1, 0.15) is 19.0 Å². The summed E-state index contributed by atoms with van der Waals surface area (Å²) < 4.78 is 0. The van der Waals surface area contributed by atoms with Crippen LogP contribution in [0, 0.1) is 5.92 Å². The third-order valence-electron chi connectivity index (χ3n) is 4.45. The summed E-state index contributed by atoms with van der Waals surface area (Å²) in [6.45, 7) is 5.00. The number of anilines is 1. The van der Waals surface area contributed by atoms with Gasteiger partial charge in [0, 0.05) is 37.6 Å². The van der Waals surface area contributed by atoms with Crippen molar-refractivity contribution in [3.8, 4) is 0 Å². The maximum atomic E-state index is 12.2. The van der Waals surface area contributed by atoms with E-state index in [9.17, 15) is 4.79 Å². The number of nitrogens with zero attached hydrogens (tertiary/aromatic N) is 2. The molecule has 1 aliphatic rings. The van der Waals surface area contributed by atoms with Crippen LogP contribution >= 0.6 is 0 Å². The molecule has 1 fully saturated rings. The highest BCUT2D eigenvalue weighted by Crippen LogP contribution is 2.18. The van der Waals surface area contributed by atoms with E-state index in [2.05, 4.69) is 33.5 Å². The van der Waals surface area contributed by atoms with Crippen molar-refractivity contribution in [2.24, 2.45) is 5.92 Å². The lowest BCUT2D eigenvalue weighted by atomic mass is 9.94. The van der Waals surface area contributed by atoms with Gasteiger partial charge < -0.3 is 10.6 Å². The summed E-state index contributed by atoms with van der Waals surface area (Å²) in [4.78, 5) is 18.9. The Hall–Kier alpha value is -2.40. The number of hydrogen-bond acceptors (Lipinski definition) is 3. The molecule has 0 aliphatic carbocycles. The lowest BCUT2D eigenvalue weighted by molar-refractivity contribution is 0.142. The minimum atomic E-state index is -0.128. The largest absolute Gasteiger partial charge is 0.335 e. The van der Waals surface area contributed by atoms with E-state index in [1.807, 2.05) is 48.7 Å². The van der Waals surface area contributed by atoms with Gasteiger partial charge in [-0.15, -0.1) is 0 Å².